The Balaban J connectivity index is 1.89. The van der Waals surface area contributed by atoms with Gasteiger partial charge in [-0.15, -0.1) is 0 Å². The van der Waals surface area contributed by atoms with Gasteiger partial charge in [-0.25, -0.2) is 18.2 Å². The molecule has 3 aromatic carbocycles. The van der Waals surface area contributed by atoms with Crippen molar-refractivity contribution in [3.8, 4) is 39.7 Å². The van der Waals surface area contributed by atoms with E-state index in [1.54, 1.807) is 22.9 Å². The average Bonchev–Trinajstić information content (AvgIpc) is 3.24. The molecule has 1 heterocycles. The normalized spacial score (nSPS) is 11.7. The van der Waals surface area contributed by atoms with E-state index in [0.29, 0.717) is 12.3 Å². The van der Waals surface area contributed by atoms with Gasteiger partial charge in [0.1, 0.15) is 11.5 Å². The first-order valence-electron chi connectivity index (χ1n) is 11.4. The Morgan fingerprint density at radius 2 is 1.69 bits per heavy atom. The van der Waals surface area contributed by atoms with E-state index in [4.69, 9.17) is 15.0 Å². The largest absolute Gasteiger partial charge is 0.508 e. The van der Waals surface area contributed by atoms with E-state index in [-0.39, 0.29) is 16.6 Å². The fourth-order valence-corrected chi connectivity index (χ4v) is 4.54. The molecule has 0 radical (unpaired) electrons. The zero-order chi connectivity index (χ0) is 25.3. The summed E-state index contributed by atoms with van der Waals surface area (Å²) in [4.78, 5) is 0.0344. The highest BCUT2D eigenvalue weighted by molar-refractivity contribution is 7.89. The molecule has 0 saturated carbocycles. The third-order valence-corrected chi connectivity index (χ3v) is 6.78. The van der Waals surface area contributed by atoms with E-state index in [1.807, 2.05) is 64.1 Å². The Labute approximate surface area is 205 Å². The smallest absolute Gasteiger partial charge is 0.238 e. The van der Waals surface area contributed by atoms with Crippen LogP contribution < -0.4 is 9.88 Å². The van der Waals surface area contributed by atoms with Crippen LogP contribution in [-0.4, -0.2) is 29.9 Å². The quantitative estimate of drug-likeness (QED) is 0.360. The summed E-state index contributed by atoms with van der Waals surface area (Å²) in [6.45, 7) is 8.52. The number of hydrogen-bond donors (Lipinski definition) is 2. The van der Waals surface area contributed by atoms with Crippen LogP contribution in [-0.2, 0) is 10.0 Å². The van der Waals surface area contributed by atoms with Crippen molar-refractivity contribution >= 4 is 10.0 Å². The van der Waals surface area contributed by atoms with Crippen molar-refractivity contribution < 1.29 is 18.3 Å². The van der Waals surface area contributed by atoms with Gasteiger partial charge in [0.05, 0.1) is 28.6 Å². The predicted molar refractivity (Wildman–Crippen MR) is 137 cm³/mol. The summed E-state index contributed by atoms with van der Waals surface area (Å²) in [5.41, 5.74) is 5.84. The molecule has 0 fully saturated rings. The second-order valence-corrected chi connectivity index (χ2v) is 10.3. The van der Waals surface area contributed by atoms with Crippen LogP contribution in [0.25, 0.3) is 28.2 Å². The van der Waals surface area contributed by atoms with Gasteiger partial charge in [0.15, 0.2) is 0 Å². The van der Waals surface area contributed by atoms with Crippen LogP contribution in [0, 0.1) is 6.92 Å². The lowest BCUT2D eigenvalue weighted by Crippen LogP contribution is -2.12. The Kier molecular flexibility index (Phi) is 6.69. The first kappa shape index (κ1) is 24.5. The zero-order valence-corrected chi connectivity index (χ0v) is 21.0. The molecule has 4 aromatic rings. The Bertz CT molecular complexity index is 1460. The van der Waals surface area contributed by atoms with E-state index in [9.17, 15) is 13.5 Å². The molecule has 182 valence electrons. The summed E-state index contributed by atoms with van der Waals surface area (Å²) in [5.74, 6) is 1.19. The molecule has 0 bridgehead atoms. The van der Waals surface area contributed by atoms with E-state index in [1.165, 1.54) is 12.1 Å². The minimum Gasteiger partial charge on any atom is -0.508 e. The van der Waals surface area contributed by atoms with Crippen LogP contribution in [0.1, 0.15) is 37.8 Å². The summed E-state index contributed by atoms with van der Waals surface area (Å²) in [6, 6.07) is 19.8. The molecule has 0 atom stereocenters. The Hall–Kier alpha value is -3.62. The SMILES string of the molecule is CCOc1ccc(-c2cc(-c3cc(C(C)C)c(O)cc3C)nn2-c2ccc(S(N)(=O)=O)cc2)cc1. The van der Waals surface area contributed by atoms with E-state index >= 15 is 0 Å². The number of phenols is 1. The van der Waals surface area contributed by atoms with Gasteiger partial charge < -0.3 is 9.84 Å². The first-order valence-corrected chi connectivity index (χ1v) is 12.9. The number of primary sulfonamides is 1. The van der Waals surface area contributed by atoms with E-state index in [0.717, 1.165) is 39.4 Å². The van der Waals surface area contributed by atoms with Crippen molar-refractivity contribution in [2.75, 3.05) is 6.61 Å². The number of nitrogens with two attached hydrogens (primary N) is 1. The predicted octanol–water partition coefficient (Wildman–Crippen LogP) is 5.39. The van der Waals surface area contributed by atoms with Gasteiger partial charge in [0.25, 0.3) is 0 Å². The molecule has 4 rings (SSSR count). The summed E-state index contributed by atoms with van der Waals surface area (Å²) in [7, 11) is -3.80. The second kappa shape index (κ2) is 9.56. The Morgan fingerprint density at radius 1 is 1.03 bits per heavy atom. The summed E-state index contributed by atoms with van der Waals surface area (Å²) < 4.78 is 30.8. The number of aromatic nitrogens is 2. The van der Waals surface area contributed by atoms with Crippen molar-refractivity contribution in [1.29, 1.82) is 0 Å². The maximum Gasteiger partial charge on any atom is 0.238 e. The van der Waals surface area contributed by atoms with Crippen molar-refractivity contribution in [1.82, 2.24) is 9.78 Å². The lowest BCUT2D eigenvalue weighted by Gasteiger charge is -2.12. The highest BCUT2D eigenvalue weighted by Crippen LogP contribution is 2.36. The maximum absolute atomic E-state index is 11.7. The first-order chi connectivity index (χ1) is 16.6. The van der Waals surface area contributed by atoms with Gasteiger partial charge in [0, 0.05) is 11.1 Å². The van der Waals surface area contributed by atoms with E-state index < -0.39 is 10.0 Å². The fourth-order valence-electron chi connectivity index (χ4n) is 4.03. The van der Waals surface area contributed by atoms with Crippen LogP contribution in [0.3, 0.4) is 0 Å². The van der Waals surface area contributed by atoms with Gasteiger partial charge in [-0.05, 0) is 97.6 Å². The molecule has 1 aromatic heterocycles. The average molecular weight is 492 g/mol. The highest BCUT2D eigenvalue weighted by Gasteiger charge is 2.18. The summed E-state index contributed by atoms with van der Waals surface area (Å²) >= 11 is 0. The lowest BCUT2D eigenvalue weighted by molar-refractivity contribution is 0.340. The topological polar surface area (TPSA) is 107 Å². The number of rotatable bonds is 7. The van der Waals surface area contributed by atoms with Crippen LogP contribution >= 0.6 is 0 Å². The fraction of sp³-hybridized carbons (Fsp3) is 0.222. The van der Waals surface area contributed by atoms with Crippen LogP contribution in [0.15, 0.2) is 71.6 Å². The van der Waals surface area contributed by atoms with Gasteiger partial charge in [-0.1, -0.05) is 13.8 Å². The molecular formula is C27H29N3O4S. The molecule has 0 saturated heterocycles. The monoisotopic (exact) mass is 491 g/mol. The molecule has 3 N–H and O–H groups in total. The number of benzene rings is 3. The highest BCUT2D eigenvalue weighted by atomic mass is 32.2. The number of phenolic OH excluding ortho intramolecular Hbond substituents is 1. The molecule has 0 aliphatic rings. The number of nitrogens with zero attached hydrogens (tertiary/aromatic N) is 2. The molecule has 8 heteroatoms. The van der Waals surface area contributed by atoms with Crippen LogP contribution in [0.5, 0.6) is 11.5 Å². The van der Waals surface area contributed by atoms with E-state index in [2.05, 4.69) is 0 Å². The van der Waals surface area contributed by atoms with Gasteiger partial charge in [-0.3, -0.25) is 0 Å². The third kappa shape index (κ3) is 5.08. The van der Waals surface area contributed by atoms with Crippen molar-refractivity contribution in [3.63, 3.8) is 0 Å². The molecule has 0 unspecified atom stereocenters. The number of aromatic hydroxyl groups is 1. The number of sulfonamides is 1. The molecule has 0 spiro atoms. The number of aryl methyl sites for hydroxylation is 1. The summed E-state index contributed by atoms with van der Waals surface area (Å²) in [5, 5.41) is 20.6. The third-order valence-electron chi connectivity index (χ3n) is 5.85. The lowest BCUT2D eigenvalue weighted by atomic mass is 9.95. The Morgan fingerprint density at radius 3 is 2.26 bits per heavy atom. The zero-order valence-electron chi connectivity index (χ0n) is 20.2. The molecule has 7 nitrogen and oxygen atoms in total. The second-order valence-electron chi connectivity index (χ2n) is 8.70. The number of ether oxygens (including phenoxy) is 1. The van der Waals surface area contributed by atoms with Crippen molar-refractivity contribution in [2.24, 2.45) is 5.14 Å². The minimum atomic E-state index is -3.80. The van der Waals surface area contributed by atoms with Gasteiger partial charge in [-0.2, -0.15) is 5.10 Å². The summed E-state index contributed by atoms with van der Waals surface area (Å²) in [6.07, 6.45) is 0. The van der Waals surface area contributed by atoms with Crippen LogP contribution in [0.2, 0.25) is 0 Å². The van der Waals surface area contributed by atoms with Crippen LogP contribution in [0.4, 0.5) is 0 Å². The van der Waals surface area contributed by atoms with Gasteiger partial charge in [0.2, 0.25) is 10.0 Å². The maximum atomic E-state index is 11.7. The molecule has 35 heavy (non-hydrogen) atoms. The molecule has 0 amide bonds. The van der Waals surface area contributed by atoms with Crippen molar-refractivity contribution in [2.45, 2.75) is 38.5 Å². The van der Waals surface area contributed by atoms with Crippen molar-refractivity contribution in [3.05, 3.63) is 77.9 Å². The van der Waals surface area contributed by atoms with Gasteiger partial charge >= 0.3 is 0 Å². The molecule has 0 aliphatic carbocycles. The molecule has 0 aliphatic heterocycles. The standard InChI is InChI=1S/C27H29N3O4S/c1-5-34-21-10-6-19(7-11-21)26-16-25(24-15-23(17(2)3)27(31)14-18(24)4)29-30(26)20-8-12-22(13-9-20)35(28,32)33/h6-17,31H,5H2,1-4H3,(H2,28,32,33). The minimum absolute atomic E-state index is 0.0344. The number of hydrogen-bond acceptors (Lipinski definition) is 5. The molecular weight excluding hydrogens is 462 g/mol.